The Hall–Kier alpha value is -5.05. The number of hydrogen-bond acceptors (Lipinski definition) is 7. The summed E-state index contributed by atoms with van der Waals surface area (Å²) < 4.78 is 22.0. The van der Waals surface area contributed by atoms with Gasteiger partial charge in [0.15, 0.2) is 0 Å². The highest BCUT2D eigenvalue weighted by molar-refractivity contribution is 5.78. The number of ether oxygens (including phenoxy) is 3. The van der Waals surface area contributed by atoms with Crippen LogP contribution in [-0.4, -0.2) is 47.3 Å². The van der Waals surface area contributed by atoms with Gasteiger partial charge in [-0.2, -0.15) is 0 Å². The molecule has 4 rings (SSSR count). The van der Waals surface area contributed by atoms with Crippen LogP contribution >= 0.6 is 0 Å². The van der Waals surface area contributed by atoms with Crippen molar-refractivity contribution in [1.29, 1.82) is 0 Å². The summed E-state index contributed by atoms with van der Waals surface area (Å²) in [6, 6.07) is 23.2. The molecule has 0 unspecified atom stereocenters. The van der Waals surface area contributed by atoms with Gasteiger partial charge in [0.2, 0.25) is 5.89 Å². The number of nitrogens with zero attached hydrogens (tertiary/aromatic N) is 2. The SMILES string of the molecule is COc1ccc(OC(=O)N(CC(=O)O)Cc2ccc(OC/C=C\c3nc(-c4ccccc4)oc3C)cc2)cc1. The van der Waals surface area contributed by atoms with Crippen LogP contribution in [0.5, 0.6) is 17.2 Å². The second-order valence-electron chi connectivity index (χ2n) is 8.48. The molecule has 0 saturated carbocycles. The average molecular weight is 529 g/mol. The van der Waals surface area contributed by atoms with E-state index in [9.17, 15) is 14.7 Å². The number of oxazole rings is 1. The predicted molar refractivity (Wildman–Crippen MR) is 145 cm³/mol. The number of aryl methyl sites for hydroxylation is 1. The number of amides is 1. The van der Waals surface area contributed by atoms with Crippen molar-refractivity contribution >= 4 is 18.1 Å². The van der Waals surface area contributed by atoms with Crippen LogP contribution in [0.25, 0.3) is 17.5 Å². The van der Waals surface area contributed by atoms with Gasteiger partial charge in [-0.1, -0.05) is 30.3 Å². The second-order valence-corrected chi connectivity index (χ2v) is 8.48. The number of aromatic nitrogens is 1. The first-order valence-electron chi connectivity index (χ1n) is 12.1. The lowest BCUT2D eigenvalue weighted by Crippen LogP contribution is -2.37. The second kappa shape index (κ2) is 13.0. The Morgan fingerprint density at radius 1 is 0.949 bits per heavy atom. The zero-order valence-corrected chi connectivity index (χ0v) is 21.6. The van der Waals surface area contributed by atoms with Crippen molar-refractivity contribution in [3.8, 4) is 28.7 Å². The first-order valence-corrected chi connectivity index (χ1v) is 12.1. The number of methoxy groups -OCH3 is 1. The standard InChI is InChI=1S/C30H28N2O7/c1-21-27(31-29(38-21)23-7-4-3-5-8-23)9-6-18-37-25-12-10-22(11-13-25)19-32(20-28(33)34)30(35)39-26-16-14-24(36-2)15-17-26/h3-17H,18-20H2,1-2H3,(H,33,34)/b9-6-. The molecule has 0 fully saturated rings. The molecule has 0 aliphatic carbocycles. The minimum atomic E-state index is -1.15. The van der Waals surface area contributed by atoms with Gasteiger partial charge in [-0.3, -0.25) is 9.69 Å². The molecule has 0 aliphatic heterocycles. The molecule has 9 heteroatoms. The Balaban J connectivity index is 1.31. The number of carboxylic acid groups (broad SMARTS) is 1. The van der Waals surface area contributed by atoms with Crippen LogP contribution in [0.3, 0.4) is 0 Å². The summed E-state index contributed by atoms with van der Waals surface area (Å²) in [5, 5.41) is 9.27. The lowest BCUT2D eigenvalue weighted by Gasteiger charge is -2.20. The van der Waals surface area contributed by atoms with Crippen LogP contribution in [-0.2, 0) is 11.3 Å². The fraction of sp³-hybridized carbons (Fsp3) is 0.167. The lowest BCUT2D eigenvalue weighted by atomic mass is 10.2. The molecule has 0 bridgehead atoms. The van der Waals surface area contributed by atoms with E-state index in [-0.39, 0.29) is 12.3 Å². The highest BCUT2D eigenvalue weighted by Crippen LogP contribution is 2.22. The third-order valence-electron chi connectivity index (χ3n) is 5.62. The largest absolute Gasteiger partial charge is 0.497 e. The summed E-state index contributed by atoms with van der Waals surface area (Å²) in [5.74, 6) is 1.65. The van der Waals surface area contributed by atoms with Crippen LogP contribution in [0.1, 0.15) is 17.0 Å². The predicted octanol–water partition coefficient (Wildman–Crippen LogP) is 5.84. The monoisotopic (exact) mass is 528 g/mol. The molecular weight excluding hydrogens is 500 g/mol. The number of rotatable bonds is 11. The van der Waals surface area contributed by atoms with E-state index >= 15 is 0 Å². The minimum absolute atomic E-state index is 0.0522. The van der Waals surface area contributed by atoms with Crippen molar-refractivity contribution in [2.24, 2.45) is 0 Å². The minimum Gasteiger partial charge on any atom is -0.497 e. The number of benzene rings is 3. The smallest absolute Gasteiger partial charge is 0.416 e. The molecule has 1 N–H and O–H groups in total. The first-order chi connectivity index (χ1) is 18.9. The fourth-order valence-corrected chi connectivity index (χ4v) is 3.64. The molecule has 4 aromatic rings. The summed E-state index contributed by atoms with van der Waals surface area (Å²) in [6.45, 7) is 1.72. The molecule has 0 aliphatic rings. The Kier molecular flexibility index (Phi) is 8.97. The molecule has 0 saturated heterocycles. The van der Waals surface area contributed by atoms with E-state index in [0.717, 1.165) is 21.7 Å². The first kappa shape index (κ1) is 27.0. The van der Waals surface area contributed by atoms with E-state index in [1.807, 2.05) is 49.4 Å². The number of aliphatic carboxylic acids is 1. The zero-order valence-electron chi connectivity index (χ0n) is 21.6. The van der Waals surface area contributed by atoms with E-state index < -0.39 is 18.6 Å². The van der Waals surface area contributed by atoms with Gasteiger partial charge in [-0.25, -0.2) is 9.78 Å². The van der Waals surface area contributed by atoms with Crippen molar-refractivity contribution in [1.82, 2.24) is 9.88 Å². The highest BCUT2D eigenvalue weighted by atomic mass is 16.6. The van der Waals surface area contributed by atoms with Crippen molar-refractivity contribution in [2.75, 3.05) is 20.3 Å². The van der Waals surface area contributed by atoms with Gasteiger partial charge in [-0.05, 0) is 73.2 Å². The highest BCUT2D eigenvalue weighted by Gasteiger charge is 2.19. The third kappa shape index (κ3) is 7.72. The molecular formula is C30H28N2O7. The molecule has 0 spiro atoms. The number of carboxylic acids is 1. The van der Waals surface area contributed by atoms with Gasteiger partial charge in [-0.15, -0.1) is 0 Å². The Labute approximate surface area is 225 Å². The van der Waals surface area contributed by atoms with Crippen LogP contribution in [0.4, 0.5) is 4.79 Å². The van der Waals surface area contributed by atoms with Gasteiger partial charge in [0, 0.05) is 12.1 Å². The Morgan fingerprint density at radius 3 is 2.28 bits per heavy atom. The molecule has 0 atom stereocenters. The maximum atomic E-state index is 12.6. The topological polar surface area (TPSA) is 111 Å². The van der Waals surface area contributed by atoms with E-state index in [1.165, 1.54) is 7.11 Å². The molecule has 1 heterocycles. The summed E-state index contributed by atoms with van der Waals surface area (Å²) >= 11 is 0. The number of hydrogen-bond donors (Lipinski definition) is 1. The van der Waals surface area contributed by atoms with Crippen molar-refractivity contribution < 1.29 is 33.3 Å². The lowest BCUT2D eigenvalue weighted by molar-refractivity contribution is -0.138. The van der Waals surface area contributed by atoms with E-state index in [1.54, 1.807) is 48.5 Å². The van der Waals surface area contributed by atoms with E-state index in [0.29, 0.717) is 29.8 Å². The summed E-state index contributed by atoms with van der Waals surface area (Å²) in [5.41, 5.74) is 2.36. The van der Waals surface area contributed by atoms with E-state index in [2.05, 4.69) is 4.98 Å². The molecule has 1 amide bonds. The molecule has 0 radical (unpaired) electrons. The molecule has 1 aromatic heterocycles. The van der Waals surface area contributed by atoms with Crippen molar-refractivity contribution in [3.05, 3.63) is 102 Å². The van der Waals surface area contributed by atoms with Crippen LogP contribution in [0.2, 0.25) is 0 Å². The average Bonchev–Trinajstić information content (AvgIpc) is 3.32. The van der Waals surface area contributed by atoms with Gasteiger partial charge >= 0.3 is 12.1 Å². The van der Waals surface area contributed by atoms with Crippen LogP contribution < -0.4 is 14.2 Å². The summed E-state index contributed by atoms with van der Waals surface area (Å²) in [4.78, 5) is 29.6. The van der Waals surface area contributed by atoms with Gasteiger partial charge in [0.1, 0.15) is 41.9 Å². The summed E-state index contributed by atoms with van der Waals surface area (Å²) in [6.07, 6.45) is 2.92. The van der Waals surface area contributed by atoms with Gasteiger partial charge < -0.3 is 23.7 Å². The Morgan fingerprint density at radius 2 is 1.62 bits per heavy atom. The third-order valence-corrected chi connectivity index (χ3v) is 5.62. The zero-order chi connectivity index (χ0) is 27.6. The maximum Gasteiger partial charge on any atom is 0.416 e. The Bertz CT molecular complexity index is 1410. The van der Waals surface area contributed by atoms with Crippen LogP contribution in [0, 0.1) is 6.92 Å². The quantitative estimate of drug-likeness (QED) is 0.259. The maximum absolute atomic E-state index is 12.6. The molecule has 3 aromatic carbocycles. The molecule has 200 valence electrons. The van der Waals surface area contributed by atoms with Gasteiger partial charge in [0.05, 0.1) is 7.11 Å². The van der Waals surface area contributed by atoms with E-state index in [4.69, 9.17) is 18.6 Å². The number of carbonyl (C=O) groups is 2. The van der Waals surface area contributed by atoms with Gasteiger partial charge in [0.25, 0.3) is 0 Å². The van der Waals surface area contributed by atoms with Crippen molar-refractivity contribution in [3.63, 3.8) is 0 Å². The number of carbonyl (C=O) groups excluding carboxylic acids is 1. The molecule has 9 nitrogen and oxygen atoms in total. The van der Waals surface area contributed by atoms with Crippen LogP contribution in [0.15, 0.2) is 89.4 Å². The fourth-order valence-electron chi connectivity index (χ4n) is 3.64. The van der Waals surface area contributed by atoms with Crippen molar-refractivity contribution in [2.45, 2.75) is 13.5 Å². The normalized spacial score (nSPS) is 10.8. The molecule has 39 heavy (non-hydrogen) atoms. The summed E-state index contributed by atoms with van der Waals surface area (Å²) in [7, 11) is 1.53.